The molecule has 0 radical (unpaired) electrons. The van der Waals surface area contributed by atoms with E-state index in [1.54, 1.807) is 6.07 Å². The number of carbonyl (C=O) groups excluding carboxylic acids is 1. The lowest BCUT2D eigenvalue weighted by molar-refractivity contribution is -0.118. The van der Waals surface area contributed by atoms with Crippen molar-refractivity contribution < 1.29 is 9.18 Å². The molecule has 0 bridgehead atoms. The number of nitrogens with one attached hydrogen (secondary N) is 1. The van der Waals surface area contributed by atoms with Gasteiger partial charge in [-0.2, -0.15) is 0 Å². The zero-order chi connectivity index (χ0) is 19.2. The van der Waals surface area contributed by atoms with Crippen molar-refractivity contribution >= 4 is 28.4 Å². The Morgan fingerprint density at radius 3 is 2.56 bits per heavy atom. The lowest BCUT2D eigenvalue weighted by atomic mass is 10.1. The molecule has 0 saturated heterocycles. The average Bonchev–Trinajstić information content (AvgIpc) is 2.66. The van der Waals surface area contributed by atoms with Crippen molar-refractivity contribution in [3.8, 4) is 0 Å². The Hall–Kier alpha value is -2.37. The summed E-state index contributed by atoms with van der Waals surface area (Å²) < 4.78 is 13.5. The SMILES string of the molecule is CN(C)C(CNC(=O)CSc1ccc2ccccc2c1)c1cccc(F)c1. The summed E-state index contributed by atoms with van der Waals surface area (Å²) in [5, 5.41) is 5.32. The largest absolute Gasteiger partial charge is 0.353 e. The van der Waals surface area contributed by atoms with Gasteiger partial charge in [-0.05, 0) is 54.7 Å². The first-order valence-electron chi connectivity index (χ1n) is 8.83. The Morgan fingerprint density at radius 1 is 1.04 bits per heavy atom. The van der Waals surface area contributed by atoms with Crippen LogP contribution in [-0.2, 0) is 4.79 Å². The third-order valence-electron chi connectivity index (χ3n) is 4.44. The van der Waals surface area contributed by atoms with Crippen LogP contribution in [-0.4, -0.2) is 37.2 Å². The molecule has 3 aromatic carbocycles. The molecule has 1 atom stereocenters. The van der Waals surface area contributed by atoms with E-state index in [0.29, 0.717) is 12.3 Å². The molecule has 5 heteroatoms. The van der Waals surface area contributed by atoms with Gasteiger partial charge in [-0.1, -0.05) is 42.5 Å². The van der Waals surface area contributed by atoms with Crippen LogP contribution in [0.1, 0.15) is 11.6 Å². The van der Waals surface area contributed by atoms with Crippen LogP contribution in [0.3, 0.4) is 0 Å². The lowest BCUT2D eigenvalue weighted by Crippen LogP contribution is -2.35. The Labute approximate surface area is 163 Å². The van der Waals surface area contributed by atoms with Crippen LogP contribution >= 0.6 is 11.8 Å². The van der Waals surface area contributed by atoms with Gasteiger partial charge >= 0.3 is 0 Å². The van der Waals surface area contributed by atoms with Crippen molar-refractivity contribution in [2.45, 2.75) is 10.9 Å². The maximum absolute atomic E-state index is 13.5. The number of benzene rings is 3. The first-order chi connectivity index (χ1) is 13.0. The van der Waals surface area contributed by atoms with Gasteiger partial charge in [-0.3, -0.25) is 4.79 Å². The second-order valence-electron chi connectivity index (χ2n) is 6.64. The highest BCUT2D eigenvalue weighted by Gasteiger charge is 2.16. The lowest BCUT2D eigenvalue weighted by Gasteiger charge is -2.25. The summed E-state index contributed by atoms with van der Waals surface area (Å²) in [5.74, 6) is 0.0516. The van der Waals surface area contributed by atoms with Crippen molar-refractivity contribution in [3.05, 3.63) is 78.1 Å². The van der Waals surface area contributed by atoms with Crippen molar-refractivity contribution in [2.75, 3.05) is 26.4 Å². The Bertz CT molecular complexity index is 929. The fourth-order valence-corrected chi connectivity index (χ4v) is 3.75. The number of rotatable bonds is 7. The Kier molecular flexibility index (Phi) is 6.48. The molecule has 3 aromatic rings. The highest BCUT2D eigenvalue weighted by Crippen LogP contribution is 2.23. The molecule has 1 unspecified atom stereocenters. The van der Waals surface area contributed by atoms with Gasteiger partial charge in [0.05, 0.1) is 11.8 Å². The van der Waals surface area contributed by atoms with E-state index in [9.17, 15) is 9.18 Å². The normalized spacial score (nSPS) is 12.3. The van der Waals surface area contributed by atoms with Crippen LogP contribution in [0.25, 0.3) is 10.8 Å². The molecule has 27 heavy (non-hydrogen) atoms. The zero-order valence-electron chi connectivity index (χ0n) is 15.5. The second kappa shape index (κ2) is 9.02. The van der Waals surface area contributed by atoms with E-state index in [4.69, 9.17) is 0 Å². The monoisotopic (exact) mass is 382 g/mol. The minimum absolute atomic E-state index is 0.0311. The van der Waals surface area contributed by atoms with E-state index in [0.717, 1.165) is 10.5 Å². The van der Waals surface area contributed by atoms with Crippen LogP contribution in [0.4, 0.5) is 4.39 Å². The molecule has 0 aliphatic heterocycles. The first-order valence-corrected chi connectivity index (χ1v) is 9.81. The van der Waals surface area contributed by atoms with Crippen molar-refractivity contribution in [1.29, 1.82) is 0 Å². The minimum atomic E-state index is -0.266. The standard InChI is InChI=1S/C22H23FN2OS/c1-25(2)21(18-8-5-9-19(23)12-18)14-24-22(26)15-27-20-11-10-16-6-3-4-7-17(16)13-20/h3-13,21H,14-15H2,1-2H3,(H,24,26). The van der Waals surface area contributed by atoms with E-state index < -0.39 is 0 Å². The first kappa shape index (κ1) is 19.4. The molecule has 0 aliphatic rings. The summed E-state index contributed by atoms with van der Waals surface area (Å²) >= 11 is 1.52. The molecule has 3 nitrogen and oxygen atoms in total. The quantitative estimate of drug-likeness (QED) is 0.611. The Morgan fingerprint density at radius 2 is 1.81 bits per heavy atom. The van der Waals surface area contributed by atoms with Gasteiger partial charge in [0.2, 0.25) is 5.91 Å². The average molecular weight is 383 g/mol. The third kappa shape index (κ3) is 5.31. The number of carbonyl (C=O) groups is 1. The highest BCUT2D eigenvalue weighted by atomic mass is 32.2. The molecule has 0 fully saturated rings. The summed E-state index contributed by atoms with van der Waals surface area (Å²) in [4.78, 5) is 15.3. The number of likely N-dealkylation sites (N-methyl/N-ethyl adjacent to an activating group) is 1. The van der Waals surface area contributed by atoms with E-state index in [1.165, 1.54) is 34.7 Å². The molecule has 0 spiro atoms. The summed E-state index contributed by atoms with van der Waals surface area (Å²) in [6.45, 7) is 0.438. The fraction of sp³-hybridized carbons (Fsp3) is 0.227. The van der Waals surface area contributed by atoms with E-state index in [1.807, 2.05) is 43.3 Å². The van der Waals surface area contributed by atoms with Crippen molar-refractivity contribution in [3.63, 3.8) is 0 Å². The van der Waals surface area contributed by atoms with Crippen LogP contribution < -0.4 is 5.32 Å². The summed E-state index contributed by atoms with van der Waals surface area (Å²) in [6, 6.07) is 20.8. The van der Waals surface area contributed by atoms with E-state index >= 15 is 0 Å². The highest BCUT2D eigenvalue weighted by molar-refractivity contribution is 8.00. The van der Waals surface area contributed by atoms with Gasteiger partial charge in [0.15, 0.2) is 0 Å². The number of amides is 1. The predicted octanol–water partition coefficient (Wildman–Crippen LogP) is 4.49. The van der Waals surface area contributed by atoms with Crippen molar-refractivity contribution in [2.24, 2.45) is 0 Å². The van der Waals surface area contributed by atoms with Gasteiger partial charge in [0.25, 0.3) is 0 Å². The van der Waals surface area contributed by atoms with Gasteiger partial charge < -0.3 is 10.2 Å². The van der Waals surface area contributed by atoms with E-state index in [2.05, 4.69) is 29.6 Å². The van der Waals surface area contributed by atoms with Gasteiger partial charge in [0.1, 0.15) is 5.82 Å². The molecule has 1 amide bonds. The van der Waals surface area contributed by atoms with Gasteiger partial charge in [-0.25, -0.2) is 4.39 Å². The van der Waals surface area contributed by atoms with Crippen LogP contribution in [0.2, 0.25) is 0 Å². The van der Waals surface area contributed by atoms with Crippen LogP contribution in [0.5, 0.6) is 0 Å². The third-order valence-corrected chi connectivity index (χ3v) is 5.43. The number of hydrogen-bond acceptors (Lipinski definition) is 3. The molecule has 140 valence electrons. The Balaban J connectivity index is 1.56. The van der Waals surface area contributed by atoms with Gasteiger partial charge in [-0.15, -0.1) is 11.8 Å². The summed E-state index contributed by atoms with van der Waals surface area (Å²) in [6.07, 6.45) is 0. The molecular weight excluding hydrogens is 359 g/mol. The van der Waals surface area contributed by atoms with Gasteiger partial charge in [0, 0.05) is 11.4 Å². The fourth-order valence-electron chi connectivity index (χ4n) is 2.98. The molecule has 0 aromatic heterocycles. The number of thioether (sulfide) groups is 1. The number of nitrogens with zero attached hydrogens (tertiary/aromatic N) is 1. The zero-order valence-corrected chi connectivity index (χ0v) is 16.3. The number of fused-ring (bicyclic) bond motifs is 1. The second-order valence-corrected chi connectivity index (χ2v) is 7.68. The molecule has 0 saturated carbocycles. The minimum Gasteiger partial charge on any atom is -0.353 e. The smallest absolute Gasteiger partial charge is 0.230 e. The number of hydrogen-bond donors (Lipinski definition) is 1. The maximum Gasteiger partial charge on any atom is 0.230 e. The molecule has 0 heterocycles. The molecule has 1 N–H and O–H groups in total. The molecular formula is C22H23FN2OS. The summed E-state index contributed by atoms with van der Waals surface area (Å²) in [7, 11) is 3.84. The maximum atomic E-state index is 13.5. The van der Waals surface area contributed by atoms with E-state index in [-0.39, 0.29) is 17.8 Å². The predicted molar refractivity (Wildman–Crippen MR) is 111 cm³/mol. The van der Waals surface area contributed by atoms with Crippen LogP contribution in [0, 0.1) is 5.82 Å². The molecule has 0 aliphatic carbocycles. The number of halogens is 1. The van der Waals surface area contributed by atoms with Crippen molar-refractivity contribution in [1.82, 2.24) is 10.2 Å². The van der Waals surface area contributed by atoms with Crippen LogP contribution in [0.15, 0.2) is 71.6 Å². The summed E-state index contributed by atoms with van der Waals surface area (Å²) in [5.41, 5.74) is 0.850. The molecule has 3 rings (SSSR count). The topological polar surface area (TPSA) is 32.3 Å².